The van der Waals surface area contributed by atoms with Crippen LogP contribution in [0.3, 0.4) is 0 Å². The van der Waals surface area contributed by atoms with E-state index >= 15 is 0 Å². The SMILES string of the molecule is Nc1ccc2c(n1)CC[C@H]2NC(=O)c1cnn(Cc2ccc(N3CC4CC4C3)nc2)c1. The molecule has 0 bridgehead atoms. The van der Waals surface area contributed by atoms with E-state index in [1.54, 1.807) is 23.1 Å². The summed E-state index contributed by atoms with van der Waals surface area (Å²) in [5, 5.41) is 7.47. The molecule has 1 saturated carbocycles. The van der Waals surface area contributed by atoms with Gasteiger partial charge < -0.3 is 16.0 Å². The number of amides is 1. The van der Waals surface area contributed by atoms with Crippen molar-refractivity contribution in [2.24, 2.45) is 11.8 Å². The third-order valence-corrected chi connectivity index (χ3v) is 6.73. The average Bonchev–Trinajstić information content (AvgIpc) is 3.14. The molecule has 2 fully saturated rings. The molecule has 0 aromatic carbocycles. The van der Waals surface area contributed by atoms with Crippen LogP contribution in [0.15, 0.2) is 42.9 Å². The Morgan fingerprint density at radius 3 is 2.84 bits per heavy atom. The number of rotatable bonds is 5. The molecule has 4 heterocycles. The molecule has 3 aliphatic rings. The molecule has 1 aliphatic heterocycles. The number of carbonyl (C=O) groups excluding carboxylic acids is 1. The maximum Gasteiger partial charge on any atom is 0.254 e. The minimum Gasteiger partial charge on any atom is -0.384 e. The Labute approximate surface area is 180 Å². The van der Waals surface area contributed by atoms with Gasteiger partial charge in [0.25, 0.3) is 5.91 Å². The van der Waals surface area contributed by atoms with Gasteiger partial charge in [0, 0.05) is 31.2 Å². The Balaban J connectivity index is 1.09. The van der Waals surface area contributed by atoms with Crippen molar-refractivity contribution in [1.82, 2.24) is 25.1 Å². The second-order valence-electron chi connectivity index (χ2n) is 8.95. The van der Waals surface area contributed by atoms with E-state index in [9.17, 15) is 4.79 Å². The van der Waals surface area contributed by atoms with Crippen LogP contribution in [0.5, 0.6) is 0 Å². The number of piperidine rings is 1. The number of anilines is 2. The van der Waals surface area contributed by atoms with Gasteiger partial charge in [0.1, 0.15) is 11.6 Å². The minimum absolute atomic E-state index is 0.0349. The standard InChI is InChI=1S/C23H25N7O/c24-21-5-2-18-19(27-21)3-4-20(18)28-23(31)17-9-26-30(13-17)10-14-1-6-22(25-8-14)29-11-15-7-16(15)12-29/h1-2,5-6,8-9,13,15-16,20H,3-4,7,10-12H2,(H2,24,27)(H,28,31)/t15?,16?,20-/m1/s1. The lowest BCUT2D eigenvalue weighted by Gasteiger charge is -2.18. The fourth-order valence-electron chi connectivity index (χ4n) is 4.91. The molecule has 8 heteroatoms. The van der Waals surface area contributed by atoms with Gasteiger partial charge in [0.2, 0.25) is 0 Å². The normalized spacial score (nSPS) is 23.5. The number of aryl methyl sites for hydroxylation is 1. The van der Waals surface area contributed by atoms with E-state index in [0.29, 0.717) is 17.9 Å². The van der Waals surface area contributed by atoms with Crippen LogP contribution in [-0.2, 0) is 13.0 Å². The van der Waals surface area contributed by atoms with E-state index in [1.807, 2.05) is 12.3 Å². The van der Waals surface area contributed by atoms with Crippen LogP contribution in [0.4, 0.5) is 11.6 Å². The molecule has 2 aliphatic carbocycles. The zero-order chi connectivity index (χ0) is 20.9. The lowest BCUT2D eigenvalue weighted by molar-refractivity contribution is 0.0936. The molecule has 31 heavy (non-hydrogen) atoms. The van der Waals surface area contributed by atoms with Crippen molar-refractivity contribution in [2.45, 2.75) is 31.8 Å². The maximum absolute atomic E-state index is 12.7. The summed E-state index contributed by atoms with van der Waals surface area (Å²) in [6.45, 7) is 2.87. The van der Waals surface area contributed by atoms with Gasteiger partial charge >= 0.3 is 0 Å². The molecular formula is C23H25N7O. The number of nitrogens with zero attached hydrogens (tertiary/aromatic N) is 5. The average molecular weight is 416 g/mol. The molecule has 2 unspecified atom stereocenters. The Bertz CT molecular complexity index is 1130. The van der Waals surface area contributed by atoms with Gasteiger partial charge in [-0.1, -0.05) is 12.1 Å². The smallest absolute Gasteiger partial charge is 0.254 e. The van der Waals surface area contributed by atoms with Crippen LogP contribution >= 0.6 is 0 Å². The van der Waals surface area contributed by atoms with Gasteiger partial charge in [-0.2, -0.15) is 5.10 Å². The predicted octanol–water partition coefficient (Wildman–Crippen LogP) is 2.18. The fraction of sp³-hybridized carbons (Fsp3) is 0.391. The van der Waals surface area contributed by atoms with Crippen molar-refractivity contribution in [3.05, 3.63) is 65.2 Å². The van der Waals surface area contributed by atoms with Crippen molar-refractivity contribution in [2.75, 3.05) is 23.7 Å². The van der Waals surface area contributed by atoms with Crippen molar-refractivity contribution in [3.63, 3.8) is 0 Å². The van der Waals surface area contributed by atoms with Crippen LogP contribution in [0, 0.1) is 11.8 Å². The largest absolute Gasteiger partial charge is 0.384 e. The summed E-state index contributed by atoms with van der Waals surface area (Å²) in [7, 11) is 0. The monoisotopic (exact) mass is 415 g/mol. The Morgan fingerprint density at radius 2 is 2.03 bits per heavy atom. The molecule has 3 N–H and O–H groups in total. The molecule has 3 atom stereocenters. The highest BCUT2D eigenvalue weighted by atomic mass is 16.1. The molecule has 1 saturated heterocycles. The number of nitrogen functional groups attached to an aromatic ring is 1. The number of hydrogen-bond donors (Lipinski definition) is 2. The van der Waals surface area contributed by atoms with Gasteiger partial charge in [-0.3, -0.25) is 9.48 Å². The van der Waals surface area contributed by atoms with Crippen molar-refractivity contribution in [3.8, 4) is 0 Å². The molecule has 8 nitrogen and oxygen atoms in total. The first-order valence-corrected chi connectivity index (χ1v) is 10.9. The summed E-state index contributed by atoms with van der Waals surface area (Å²) in [5.41, 5.74) is 9.41. The Morgan fingerprint density at radius 1 is 1.16 bits per heavy atom. The first-order chi connectivity index (χ1) is 15.1. The van der Waals surface area contributed by atoms with Gasteiger partial charge in [-0.15, -0.1) is 0 Å². The van der Waals surface area contributed by atoms with Crippen LogP contribution < -0.4 is 16.0 Å². The summed E-state index contributed by atoms with van der Waals surface area (Å²) < 4.78 is 1.78. The minimum atomic E-state index is -0.123. The quantitative estimate of drug-likeness (QED) is 0.662. The zero-order valence-electron chi connectivity index (χ0n) is 17.2. The van der Waals surface area contributed by atoms with Crippen molar-refractivity contribution >= 4 is 17.5 Å². The number of fused-ring (bicyclic) bond motifs is 2. The van der Waals surface area contributed by atoms with Crippen molar-refractivity contribution in [1.29, 1.82) is 0 Å². The molecule has 6 rings (SSSR count). The number of nitrogens with two attached hydrogens (primary N) is 1. The van der Waals surface area contributed by atoms with Gasteiger partial charge in [0.15, 0.2) is 0 Å². The number of carbonyl (C=O) groups is 1. The van der Waals surface area contributed by atoms with E-state index in [-0.39, 0.29) is 11.9 Å². The number of aromatic nitrogens is 4. The zero-order valence-corrected chi connectivity index (χ0v) is 17.2. The van der Waals surface area contributed by atoms with E-state index in [4.69, 9.17) is 5.73 Å². The summed E-state index contributed by atoms with van der Waals surface area (Å²) in [6.07, 6.45) is 8.37. The van der Waals surface area contributed by atoms with E-state index in [0.717, 1.165) is 60.4 Å². The predicted molar refractivity (Wildman–Crippen MR) is 117 cm³/mol. The lowest BCUT2D eigenvalue weighted by Crippen LogP contribution is -2.26. The summed E-state index contributed by atoms with van der Waals surface area (Å²) in [4.78, 5) is 24.1. The molecule has 3 aromatic rings. The summed E-state index contributed by atoms with van der Waals surface area (Å²) in [5.74, 6) is 3.24. The summed E-state index contributed by atoms with van der Waals surface area (Å²) >= 11 is 0. The molecule has 0 radical (unpaired) electrons. The Hall–Kier alpha value is -3.42. The highest BCUT2D eigenvalue weighted by Gasteiger charge is 2.45. The van der Waals surface area contributed by atoms with Gasteiger partial charge in [0.05, 0.1) is 24.3 Å². The molecule has 158 valence electrons. The van der Waals surface area contributed by atoms with E-state index in [2.05, 4.69) is 37.4 Å². The number of pyridine rings is 2. The fourth-order valence-corrected chi connectivity index (χ4v) is 4.91. The number of hydrogen-bond acceptors (Lipinski definition) is 6. The van der Waals surface area contributed by atoms with Crippen LogP contribution in [0.1, 0.15) is 46.1 Å². The highest BCUT2D eigenvalue weighted by molar-refractivity contribution is 5.94. The molecule has 1 amide bonds. The maximum atomic E-state index is 12.7. The first-order valence-electron chi connectivity index (χ1n) is 10.9. The number of nitrogens with one attached hydrogen (secondary N) is 1. The summed E-state index contributed by atoms with van der Waals surface area (Å²) in [6, 6.07) is 7.90. The third kappa shape index (κ3) is 3.52. The topological polar surface area (TPSA) is 102 Å². The molecule has 3 aromatic heterocycles. The second kappa shape index (κ2) is 7.08. The van der Waals surface area contributed by atoms with Gasteiger partial charge in [-0.25, -0.2) is 9.97 Å². The highest BCUT2D eigenvalue weighted by Crippen LogP contribution is 2.45. The van der Waals surface area contributed by atoms with Crippen LogP contribution in [0.2, 0.25) is 0 Å². The van der Waals surface area contributed by atoms with E-state index < -0.39 is 0 Å². The first kappa shape index (κ1) is 18.4. The van der Waals surface area contributed by atoms with E-state index in [1.165, 1.54) is 6.42 Å². The lowest BCUT2D eigenvalue weighted by atomic mass is 10.1. The Kier molecular flexibility index (Phi) is 4.19. The van der Waals surface area contributed by atoms with Crippen LogP contribution in [0.25, 0.3) is 0 Å². The molecular weight excluding hydrogens is 390 g/mol. The second-order valence-corrected chi connectivity index (χ2v) is 8.95. The molecule has 0 spiro atoms. The van der Waals surface area contributed by atoms with Crippen molar-refractivity contribution < 1.29 is 4.79 Å². The van der Waals surface area contributed by atoms with Gasteiger partial charge in [-0.05, 0) is 54.4 Å². The van der Waals surface area contributed by atoms with Crippen LogP contribution in [-0.4, -0.2) is 38.7 Å². The third-order valence-electron chi connectivity index (χ3n) is 6.73.